The Kier molecular flexibility index (Phi) is 4.44. The Morgan fingerprint density at radius 1 is 1.00 bits per heavy atom. The Morgan fingerprint density at radius 3 is 1.56 bits per heavy atom. The van der Waals surface area contributed by atoms with Gasteiger partial charge in [-0.25, -0.2) is 0 Å². The van der Waals surface area contributed by atoms with Crippen molar-refractivity contribution in [2.24, 2.45) is 0 Å². The van der Waals surface area contributed by atoms with Crippen LogP contribution in [0.2, 0.25) is 0 Å². The van der Waals surface area contributed by atoms with E-state index in [1.165, 1.54) is 0 Å². The maximum Gasteiger partial charge on any atom is 0.0164 e. The van der Waals surface area contributed by atoms with Gasteiger partial charge in [-0.05, 0) is 13.8 Å². The van der Waals surface area contributed by atoms with Crippen molar-refractivity contribution in [2.75, 3.05) is 13.1 Å². The van der Waals surface area contributed by atoms with Crippen molar-refractivity contribution in [3.05, 3.63) is 0 Å². The van der Waals surface area contributed by atoms with Crippen LogP contribution in [0, 0.1) is 0 Å². The molecule has 2 nitrogen and oxygen atoms in total. The van der Waals surface area contributed by atoms with Gasteiger partial charge in [-0.15, -0.1) is 17.0 Å². The first-order chi connectivity index (χ1) is 3.79. The minimum absolute atomic E-state index is 0. The van der Waals surface area contributed by atoms with Crippen LogP contribution in [0.4, 0.5) is 0 Å². The average molecular weight is 195 g/mol. The van der Waals surface area contributed by atoms with Crippen molar-refractivity contribution in [2.45, 2.75) is 25.9 Å². The maximum atomic E-state index is 3.37. The van der Waals surface area contributed by atoms with Crippen molar-refractivity contribution < 1.29 is 0 Å². The van der Waals surface area contributed by atoms with Gasteiger partial charge in [0, 0.05) is 25.2 Å². The highest BCUT2D eigenvalue weighted by molar-refractivity contribution is 8.93. The molecule has 0 bridgehead atoms. The summed E-state index contributed by atoms with van der Waals surface area (Å²) in [4.78, 5) is 0. The van der Waals surface area contributed by atoms with Gasteiger partial charge in [-0.2, -0.15) is 0 Å². The van der Waals surface area contributed by atoms with Gasteiger partial charge < -0.3 is 10.6 Å². The molecule has 3 heteroatoms. The average Bonchev–Trinajstić information content (AvgIpc) is 1.77. The van der Waals surface area contributed by atoms with Crippen LogP contribution in [-0.4, -0.2) is 25.2 Å². The van der Waals surface area contributed by atoms with Crippen molar-refractivity contribution in [1.82, 2.24) is 10.6 Å². The number of hydrogen-bond acceptors (Lipinski definition) is 2. The summed E-state index contributed by atoms with van der Waals surface area (Å²) in [7, 11) is 0. The molecule has 56 valence electrons. The Bertz CT molecular complexity index is 59.5. The van der Waals surface area contributed by atoms with E-state index < -0.39 is 0 Å². The first kappa shape index (κ1) is 9.40. The summed E-state index contributed by atoms with van der Waals surface area (Å²) in [6.07, 6.45) is 0. The van der Waals surface area contributed by atoms with Crippen LogP contribution < -0.4 is 10.6 Å². The fourth-order valence-electron chi connectivity index (χ4n) is 0.900. The minimum atomic E-state index is 0. The molecule has 2 N–H and O–H groups in total. The van der Waals surface area contributed by atoms with E-state index in [0.29, 0.717) is 12.1 Å². The van der Waals surface area contributed by atoms with Crippen LogP contribution >= 0.6 is 17.0 Å². The third-order valence-corrected chi connectivity index (χ3v) is 1.54. The SMILES string of the molecule is Br.C[C@@H]1CN[C@@H](C)CN1. The molecular weight excluding hydrogens is 180 g/mol. The van der Waals surface area contributed by atoms with Gasteiger partial charge in [0.15, 0.2) is 0 Å². The first-order valence-corrected chi connectivity index (χ1v) is 3.26. The van der Waals surface area contributed by atoms with E-state index in [9.17, 15) is 0 Å². The molecule has 0 radical (unpaired) electrons. The topological polar surface area (TPSA) is 24.1 Å². The zero-order valence-corrected chi connectivity index (χ0v) is 7.69. The van der Waals surface area contributed by atoms with Gasteiger partial charge in [-0.3, -0.25) is 0 Å². The van der Waals surface area contributed by atoms with Crippen molar-refractivity contribution in [1.29, 1.82) is 0 Å². The monoisotopic (exact) mass is 194 g/mol. The molecule has 1 rings (SSSR count). The summed E-state index contributed by atoms with van der Waals surface area (Å²) in [5.41, 5.74) is 0. The first-order valence-electron chi connectivity index (χ1n) is 3.26. The summed E-state index contributed by atoms with van der Waals surface area (Å²) in [6, 6.07) is 1.32. The molecule has 1 aliphatic rings. The van der Waals surface area contributed by atoms with Crippen LogP contribution in [0.3, 0.4) is 0 Å². The van der Waals surface area contributed by atoms with Gasteiger partial charge in [0.25, 0.3) is 0 Å². The van der Waals surface area contributed by atoms with Crippen molar-refractivity contribution in [3.8, 4) is 0 Å². The van der Waals surface area contributed by atoms with E-state index in [0.717, 1.165) is 13.1 Å². The second-order valence-corrected chi connectivity index (χ2v) is 2.62. The summed E-state index contributed by atoms with van der Waals surface area (Å²) in [5, 5.41) is 6.74. The lowest BCUT2D eigenvalue weighted by Crippen LogP contribution is -2.51. The lowest BCUT2D eigenvalue weighted by atomic mass is 10.2. The Morgan fingerprint density at radius 2 is 1.33 bits per heavy atom. The number of nitrogens with one attached hydrogen (secondary N) is 2. The molecule has 0 spiro atoms. The van der Waals surface area contributed by atoms with E-state index in [1.54, 1.807) is 0 Å². The highest BCUT2D eigenvalue weighted by Gasteiger charge is 2.10. The number of rotatable bonds is 0. The molecule has 1 heterocycles. The lowest BCUT2D eigenvalue weighted by molar-refractivity contribution is 0.376. The molecule has 9 heavy (non-hydrogen) atoms. The molecule has 0 unspecified atom stereocenters. The second kappa shape index (κ2) is 4.25. The van der Waals surface area contributed by atoms with Crippen LogP contribution in [-0.2, 0) is 0 Å². The molecule has 0 aromatic rings. The Balaban J connectivity index is 0.000000640. The predicted octanol–water partition coefficient (Wildman–Crippen LogP) is 0.534. The summed E-state index contributed by atoms with van der Waals surface area (Å²) in [5.74, 6) is 0. The summed E-state index contributed by atoms with van der Waals surface area (Å²) in [6.45, 7) is 6.61. The maximum absolute atomic E-state index is 3.37. The van der Waals surface area contributed by atoms with Gasteiger partial charge in [0.1, 0.15) is 0 Å². The van der Waals surface area contributed by atoms with Gasteiger partial charge in [-0.1, -0.05) is 0 Å². The second-order valence-electron chi connectivity index (χ2n) is 2.62. The van der Waals surface area contributed by atoms with Crippen LogP contribution in [0.25, 0.3) is 0 Å². The Labute approximate surface area is 67.2 Å². The third-order valence-electron chi connectivity index (χ3n) is 1.54. The minimum Gasteiger partial charge on any atom is -0.311 e. The summed E-state index contributed by atoms with van der Waals surface area (Å²) < 4.78 is 0. The molecule has 0 amide bonds. The van der Waals surface area contributed by atoms with Crippen LogP contribution in [0.15, 0.2) is 0 Å². The third kappa shape index (κ3) is 3.18. The molecule has 1 fully saturated rings. The highest BCUT2D eigenvalue weighted by atomic mass is 79.9. The number of piperazine rings is 1. The van der Waals surface area contributed by atoms with Crippen LogP contribution in [0.1, 0.15) is 13.8 Å². The fraction of sp³-hybridized carbons (Fsp3) is 1.00. The standard InChI is InChI=1S/C6H14N2.BrH/c1-5-3-8-6(2)4-7-5;/h5-8H,3-4H2,1-2H3;1H/t5-,6+;. The largest absolute Gasteiger partial charge is 0.311 e. The highest BCUT2D eigenvalue weighted by Crippen LogP contribution is 1.89. The molecule has 0 aromatic heterocycles. The van der Waals surface area contributed by atoms with E-state index in [-0.39, 0.29) is 17.0 Å². The normalized spacial score (nSPS) is 35.3. The predicted molar refractivity (Wildman–Crippen MR) is 45.3 cm³/mol. The van der Waals surface area contributed by atoms with Gasteiger partial charge >= 0.3 is 0 Å². The van der Waals surface area contributed by atoms with E-state index in [1.807, 2.05) is 0 Å². The van der Waals surface area contributed by atoms with Crippen LogP contribution in [0.5, 0.6) is 0 Å². The van der Waals surface area contributed by atoms with E-state index >= 15 is 0 Å². The van der Waals surface area contributed by atoms with Gasteiger partial charge in [0.05, 0.1) is 0 Å². The molecule has 1 saturated heterocycles. The molecule has 1 aliphatic heterocycles. The molecule has 0 saturated carbocycles. The van der Waals surface area contributed by atoms with E-state index in [4.69, 9.17) is 0 Å². The molecule has 2 atom stereocenters. The number of halogens is 1. The summed E-state index contributed by atoms with van der Waals surface area (Å²) >= 11 is 0. The van der Waals surface area contributed by atoms with Crippen molar-refractivity contribution in [3.63, 3.8) is 0 Å². The zero-order chi connectivity index (χ0) is 5.98. The lowest BCUT2D eigenvalue weighted by Gasteiger charge is -2.26. The van der Waals surface area contributed by atoms with Gasteiger partial charge in [0.2, 0.25) is 0 Å². The fourth-order valence-corrected chi connectivity index (χ4v) is 0.900. The van der Waals surface area contributed by atoms with Crippen molar-refractivity contribution >= 4 is 17.0 Å². The quantitative estimate of drug-likeness (QED) is 0.589. The van der Waals surface area contributed by atoms with E-state index in [2.05, 4.69) is 24.5 Å². The molecule has 0 aromatic carbocycles. The smallest absolute Gasteiger partial charge is 0.0164 e. The molecular formula is C6H15BrN2. The number of hydrogen-bond donors (Lipinski definition) is 2. The Hall–Kier alpha value is 0.400. The molecule has 0 aliphatic carbocycles. The zero-order valence-electron chi connectivity index (χ0n) is 5.98.